The maximum Gasteiger partial charge on any atom is 0.0779 e. The van der Waals surface area contributed by atoms with Crippen LogP contribution in [0, 0.1) is 0 Å². The molecule has 1 aromatic heterocycles. The lowest BCUT2D eigenvalue weighted by molar-refractivity contribution is 0.150. The number of nitrogens with zero attached hydrogens (tertiary/aromatic N) is 1. The van der Waals surface area contributed by atoms with Crippen LogP contribution in [0.5, 0.6) is 0 Å². The number of thiophene rings is 1. The van der Waals surface area contributed by atoms with Crippen LogP contribution in [0.4, 0.5) is 0 Å². The molecule has 2 aliphatic rings. The Hall–Kier alpha value is -1.30. The molecule has 142 valence electrons. The Bertz CT molecular complexity index is 1030. The zero-order valence-corrected chi connectivity index (χ0v) is 18.1. The molecule has 2 heterocycles. The summed E-state index contributed by atoms with van der Waals surface area (Å²) in [5, 5.41) is 2.74. The summed E-state index contributed by atoms with van der Waals surface area (Å²) in [4.78, 5) is 4.84. The van der Waals surface area contributed by atoms with E-state index in [-0.39, 0.29) is 12.4 Å². The van der Waals surface area contributed by atoms with Crippen LogP contribution >= 0.6 is 35.5 Å². The number of benzene rings is 1. The molecule has 27 heavy (non-hydrogen) atoms. The van der Waals surface area contributed by atoms with E-state index in [9.17, 15) is 0 Å². The van der Waals surface area contributed by atoms with Crippen LogP contribution in [0.3, 0.4) is 0 Å². The van der Waals surface area contributed by atoms with Crippen LogP contribution in [0.1, 0.15) is 6.42 Å². The van der Waals surface area contributed by atoms with Gasteiger partial charge >= 0.3 is 0 Å². The van der Waals surface area contributed by atoms with Crippen LogP contribution < -0.4 is 9.75 Å². The van der Waals surface area contributed by atoms with E-state index in [4.69, 9.17) is 4.74 Å². The van der Waals surface area contributed by atoms with Gasteiger partial charge in [-0.15, -0.1) is 23.7 Å². The lowest BCUT2D eigenvalue weighted by Gasteiger charge is -2.16. The minimum atomic E-state index is 0. The first-order valence-corrected chi connectivity index (χ1v) is 10.6. The molecule has 0 saturated heterocycles. The van der Waals surface area contributed by atoms with Crippen LogP contribution in [-0.2, 0) is 4.74 Å². The zero-order chi connectivity index (χ0) is 17.9. The highest BCUT2D eigenvalue weighted by molar-refractivity contribution is 8.11. The SMILES string of the molecule is CN(C)CCCOCC1=CC=C2C=CC=c3sc4ccccc4c3=C2S1.Cl. The van der Waals surface area contributed by atoms with Crippen LogP contribution in [0.2, 0.25) is 0 Å². The van der Waals surface area contributed by atoms with Gasteiger partial charge in [0.2, 0.25) is 0 Å². The van der Waals surface area contributed by atoms with Gasteiger partial charge in [0.25, 0.3) is 0 Å². The van der Waals surface area contributed by atoms with Crippen LogP contribution in [0.25, 0.3) is 21.1 Å². The van der Waals surface area contributed by atoms with E-state index in [0.717, 1.165) is 19.6 Å². The summed E-state index contributed by atoms with van der Waals surface area (Å²) in [6, 6.07) is 8.71. The van der Waals surface area contributed by atoms with Gasteiger partial charge in [-0.3, -0.25) is 0 Å². The molecule has 2 nitrogen and oxygen atoms in total. The molecule has 2 aromatic rings. The highest BCUT2D eigenvalue weighted by Gasteiger charge is 2.16. The van der Waals surface area contributed by atoms with E-state index in [2.05, 4.69) is 73.6 Å². The van der Waals surface area contributed by atoms with Crippen molar-refractivity contribution in [2.45, 2.75) is 6.42 Å². The maximum absolute atomic E-state index is 5.91. The molecule has 0 saturated carbocycles. The van der Waals surface area contributed by atoms with E-state index < -0.39 is 0 Å². The number of halogens is 1. The lowest BCUT2D eigenvalue weighted by Crippen LogP contribution is -2.21. The van der Waals surface area contributed by atoms with Gasteiger partial charge in [-0.25, -0.2) is 0 Å². The molecule has 0 amide bonds. The summed E-state index contributed by atoms with van der Waals surface area (Å²) in [5.74, 6) is 0. The average molecular weight is 418 g/mol. The minimum Gasteiger partial charge on any atom is -0.376 e. The molecule has 4 rings (SSSR count). The van der Waals surface area contributed by atoms with Gasteiger partial charge in [0.1, 0.15) is 0 Å². The van der Waals surface area contributed by atoms with E-state index in [1.165, 1.54) is 35.2 Å². The number of ether oxygens (including phenoxy) is 1. The Morgan fingerprint density at radius 1 is 1.07 bits per heavy atom. The first-order valence-electron chi connectivity index (χ1n) is 8.94. The summed E-state index contributed by atoms with van der Waals surface area (Å²) < 4.78 is 8.61. The molecular formula is C22H24ClNOS2. The second-order valence-corrected chi connectivity index (χ2v) is 8.98. The van der Waals surface area contributed by atoms with Gasteiger partial charge in [0, 0.05) is 36.3 Å². The van der Waals surface area contributed by atoms with Gasteiger partial charge in [-0.2, -0.15) is 0 Å². The van der Waals surface area contributed by atoms with Crippen molar-refractivity contribution in [3.8, 4) is 0 Å². The van der Waals surface area contributed by atoms with Gasteiger partial charge in [-0.05, 0) is 50.9 Å². The molecule has 0 bridgehead atoms. The number of hydrogen-bond acceptors (Lipinski definition) is 4. The van der Waals surface area contributed by atoms with E-state index in [1.54, 1.807) is 0 Å². The fourth-order valence-electron chi connectivity index (χ4n) is 3.20. The molecule has 1 aromatic carbocycles. The summed E-state index contributed by atoms with van der Waals surface area (Å²) in [5.41, 5.74) is 1.30. The fraction of sp³-hybridized carbons (Fsp3) is 0.273. The number of hydrogen-bond donors (Lipinski definition) is 0. The predicted octanol–water partition coefficient (Wildman–Crippen LogP) is 4.31. The van der Waals surface area contributed by atoms with Crippen molar-refractivity contribution in [1.82, 2.24) is 4.90 Å². The van der Waals surface area contributed by atoms with E-state index >= 15 is 0 Å². The Morgan fingerprint density at radius 3 is 2.78 bits per heavy atom. The molecule has 0 radical (unpaired) electrons. The third kappa shape index (κ3) is 4.58. The van der Waals surface area contributed by atoms with Crippen LogP contribution in [-0.4, -0.2) is 38.8 Å². The lowest BCUT2D eigenvalue weighted by atomic mass is 10.1. The molecule has 0 atom stereocenters. The molecule has 1 aliphatic heterocycles. The quantitative estimate of drug-likeness (QED) is 0.650. The Morgan fingerprint density at radius 2 is 1.93 bits per heavy atom. The normalized spacial score (nSPS) is 15.4. The summed E-state index contributed by atoms with van der Waals surface area (Å²) >= 11 is 3.74. The minimum absolute atomic E-state index is 0. The predicted molar refractivity (Wildman–Crippen MR) is 123 cm³/mol. The van der Waals surface area contributed by atoms with Crippen molar-refractivity contribution in [2.24, 2.45) is 0 Å². The standard InChI is InChI=1S/C22H23NOS2.ClH/c1-23(2)13-6-14-24-15-17-12-11-16-7-5-10-20-21(22(16)25-17)18-8-3-4-9-19(18)26-20;/h3-5,7-12H,6,13-15H2,1-2H3;1H. The van der Waals surface area contributed by atoms with Gasteiger partial charge in [-0.1, -0.05) is 48.2 Å². The summed E-state index contributed by atoms with van der Waals surface area (Å²) in [7, 11) is 4.20. The molecule has 0 fully saturated rings. The Labute approximate surface area is 175 Å². The molecule has 0 N–H and O–H groups in total. The highest BCUT2D eigenvalue weighted by Crippen LogP contribution is 2.37. The number of allylic oxidation sites excluding steroid dienone is 4. The van der Waals surface area contributed by atoms with Gasteiger partial charge in [0.15, 0.2) is 0 Å². The topological polar surface area (TPSA) is 12.5 Å². The fourth-order valence-corrected chi connectivity index (χ4v) is 5.50. The Kier molecular flexibility index (Phi) is 7.01. The first-order chi connectivity index (χ1) is 12.7. The zero-order valence-electron chi connectivity index (χ0n) is 15.6. The first kappa shape index (κ1) is 20.4. The maximum atomic E-state index is 5.91. The molecule has 5 heteroatoms. The summed E-state index contributed by atoms with van der Waals surface area (Å²) in [6.45, 7) is 2.57. The van der Waals surface area contributed by atoms with Crippen molar-refractivity contribution in [3.63, 3.8) is 0 Å². The second kappa shape index (κ2) is 9.26. The monoisotopic (exact) mass is 417 g/mol. The van der Waals surface area contributed by atoms with Crippen LogP contribution in [0.15, 0.2) is 59.0 Å². The molecule has 0 unspecified atom stereocenters. The molecule has 1 aliphatic carbocycles. The average Bonchev–Trinajstić information content (AvgIpc) is 2.90. The van der Waals surface area contributed by atoms with Crippen molar-refractivity contribution in [2.75, 3.05) is 33.9 Å². The number of thioether (sulfide) groups is 1. The van der Waals surface area contributed by atoms with Crippen molar-refractivity contribution < 1.29 is 4.74 Å². The van der Waals surface area contributed by atoms with Gasteiger partial charge in [0.05, 0.1) is 6.61 Å². The van der Waals surface area contributed by atoms with E-state index in [0.29, 0.717) is 6.61 Å². The number of rotatable bonds is 6. The molecule has 0 spiro atoms. The second-order valence-electron chi connectivity index (χ2n) is 6.76. The van der Waals surface area contributed by atoms with Gasteiger partial charge < -0.3 is 9.64 Å². The number of fused-ring (bicyclic) bond motifs is 4. The van der Waals surface area contributed by atoms with Crippen molar-refractivity contribution >= 4 is 56.6 Å². The third-order valence-electron chi connectivity index (χ3n) is 4.46. The largest absolute Gasteiger partial charge is 0.376 e. The van der Waals surface area contributed by atoms with Crippen molar-refractivity contribution in [1.29, 1.82) is 0 Å². The molecular weight excluding hydrogens is 394 g/mol. The third-order valence-corrected chi connectivity index (χ3v) is 6.75. The Balaban J connectivity index is 0.00000210. The summed E-state index contributed by atoms with van der Waals surface area (Å²) in [6.07, 6.45) is 12.1. The highest BCUT2D eigenvalue weighted by atomic mass is 35.5. The van der Waals surface area contributed by atoms with E-state index in [1.807, 2.05) is 23.1 Å². The van der Waals surface area contributed by atoms with Crippen molar-refractivity contribution in [3.05, 3.63) is 68.8 Å². The smallest absolute Gasteiger partial charge is 0.0779 e.